The Balaban J connectivity index is 0.000000375. The Morgan fingerprint density at radius 3 is 1.48 bits per heavy atom. The van der Waals surface area contributed by atoms with Crippen molar-refractivity contribution in [3.05, 3.63) is 77.9 Å². The Morgan fingerprint density at radius 2 is 1.24 bits per heavy atom. The van der Waals surface area contributed by atoms with Crippen molar-refractivity contribution in [2.45, 2.75) is 78.1 Å². The van der Waals surface area contributed by atoms with E-state index >= 15 is 0 Å². The van der Waals surface area contributed by atoms with Crippen molar-refractivity contribution in [2.75, 3.05) is 0 Å². The summed E-state index contributed by atoms with van der Waals surface area (Å²) in [4.78, 5) is 0. The van der Waals surface area contributed by atoms with Gasteiger partial charge in [-0.2, -0.15) is 6.08 Å². The minimum atomic E-state index is 0. The third kappa shape index (κ3) is 8.38. The number of halogens is 2. The number of rotatable bonds is 0. The van der Waals surface area contributed by atoms with Crippen LogP contribution in [-0.4, -0.2) is 3.21 Å². The maximum absolute atomic E-state index is 2.99. The van der Waals surface area contributed by atoms with Gasteiger partial charge in [0.1, 0.15) is 0 Å². The minimum absolute atomic E-state index is 0. The second-order valence-electron chi connectivity index (χ2n) is 10.7. The van der Waals surface area contributed by atoms with Crippen LogP contribution >= 0.6 is 0 Å². The molecule has 3 heteroatoms. The van der Waals surface area contributed by atoms with E-state index in [4.69, 9.17) is 0 Å². The van der Waals surface area contributed by atoms with Gasteiger partial charge in [-0.25, -0.2) is 12.2 Å². The summed E-state index contributed by atoms with van der Waals surface area (Å²) >= 11 is 1.67. The van der Waals surface area contributed by atoms with Crippen LogP contribution in [0.5, 0.6) is 0 Å². The number of fused-ring (bicyclic) bond motifs is 3. The van der Waals surface area contributed by atoms with E-state index in [1.165, 1.54) is 51.9 Å². The van der Waals surface area contributed by atoms with Gasteiger partial charge < -0.3 is 24.8 Å². The van der Waals surface area contributed by atoms with Crippen LogP contribution in [0, 0.1) is 6.08 Å². The molecule has 0 saturated heterocycles. The monoisotopic (exact) mass is 556 g/mol. The van der Waals surface area contributed by atoms with Crippen LogP contribution < -0.4 is 24.8 Å². The van der Waals surface area contributed by atoms with Crippen LogP contribution in [0.25, 0.3) is 21.5 Å². The number of hydrogen-bond donors (Lipinski definition) is 0. The molecule has 2 aliphatic carbocycles. The summed E-state index contributed by atoms with van der Waals surface area (Å²) in [6.45, 7) is 13.7. The van der Waals surface area contributed by atoms with Crippen LogP contribution in [0.1, 0.15) is 78.4 Å². The topological polar surface area (TPSA) is 0 Å². The average molecular weight is 559 g/mol. The van der Waals surface area contributed by atoms with Gasteiger partial charge in [0.25, 0.3) is 0 Å². The molecule has 2 aliphatic rings. The zero-order valence-electron chi connectivity index (χ0n) is 20.9. The van der Waals surface area contributed by atoms with Gasteiger partial charge in [-0.15, -0.1) is 46.2 Å². The molecule has 0 aliphatic heterocycles. The first-order chi connectivity index (χ1) is 14.6. The van der Waals surface area contributed by atoms with E-state index in [1.54, 1.807) is 27.4 Å². The maximum atomic E-state index is 2.99. The van der Waals surface area contributed by atoms with Crippen molar-refractivity contribution >= 4 is 24.8 Å². The van der Waals surface area contributed by atoms with Crippen molar-refractivity contribution < 1.29 is 49.0 Å². The number of hydrogen-bond acceptors (Lipinski definition) is 0. The van der Waals surface area contributed by atoms with E-state index in [0.717, 1.165) is 6.42 Å². The zero-order chi connectivity index (χ0) is 22.6. The van der Waals surface area contributed by atoms with E-state index in [9.17, 15) is 0 Å². The molecule has 33 heavy (non-hydrogen) atoms. The second-order valence-corrected chi connectivity index (χ2v) is 12.4. The predicted molar refractivity (Wildman–Crippen MR) is 135 cm³/mol. The summed E-state index contributed by atoms with van der Waals surface area (Å²) in [6, 6.07) is 16.1. The predicted octanol–water partition coefficient (Wildman–Crippen LogP) is 2.51. The van der Waals surface area contributed by atoms with Crippen LogP contribution in [0.4, 0.5) is 0 Å². The Kier molecular flexibility index (Phi) is 11.6. The first-order valence-electron chi connectivity index (χ1n) is 11.5. The van der Waals surface area contributed by atoms with Gasteiger partial charge in [0.15, 0.2) is 0 Å². The fourth-order valence-electron chi connectivity index (χ4n) is 3.63. The molecule has 0 radical (unpaired) electrons. The van der Waals surface area contributed by atoms with Crippen LogP contribution in [-0.2, 0) is 35.1 Å². The first kappa shape index (κ1) is 30.2. The van der Waals surface area contributed by atoms with Gasteiger partial charge >= 0.3 is 46.7 Å². The molecule has 0 N–H and O–H groups in total. The van der Waals surface area contributed by atoms with Crippen molar-refractivity contribution in [3.63, 3.8) is 0 Å². The molecule has 0 atom stereocenters. The van der Waals surface area contributed by atoms with E-state index in [0.29, 0.717) is 0 Å². The van der Waals surface area contributed by atoms with E-state index < -0.39 is 0 Å². The molecule has 0 heterocycles. The molecule has 0 unspecified atom stereocenters. The Hall–Kier alpha value is -0.877. The second kappa shape index (κ2) is 12.7. The summed E-state index contributed by atoms with van der Waals surface area (Å²) in [5.74, 6) is 0. The summed E-state index contributed by atoms with van der Waals surface area (Å²) in [5, 5.41) is 5.49. The SMILES string of the molecule is CC(C)(C)c1ccc2[cH-]c3ccc(C(C)(C)C)cc3c2c1.[C-]1=CC=CC1.[Cl-].[Cl-].[Zr+2]=[C]1CCC1. The fourth-order valence-corrected chi connectivity index (χ4v) is 4.49. The zero-order valence-corrected chi connectivity index (χ0v) is 24.8. The van der Waals surface area contributed by atoms with Gasteiger partial charge in [-0.1, -0.05) is 76.9 Å². The molecule has 176 valence electrons. The van der Waals surface area contributed by atoms with Crippen molar-refractivity contribution in [3.8, 4) is 0 Å². The molecule has 5 rings (SSSR count). The van der Waals surface area contributed by atoms with Crippen molar-refractivity contribution in [1.29, 1.82) is 0 Å². The van der Waals surface area contributed by atoms with Gasteiger partial charge in [0, 0.05) is 0 Å². The Bertz CT molecular complexity index is 1030. The molecule has 0 amide bonds. The third-order valence-corrected chi connectivity index (χ3v) is 7.21. The van der Waals surface area contributed by atoms with Crippen LogP contribution in [0.15, 0.2) is 60.7 Å². The van der Waals surface area contributed by atoms with Crippen molar-refractivity contribution in [2.24, 2.45) is 0 Å². The Morgan fingerprint density at radius 1 is 0.788 bits per heavy atom. The normalized spacial score (nSPS) is 14.5. The molecular formula is C30H36Cl2Zr-2. The fraction of sp³-hybridized carbons (Fsp3) is 0.400. The summed E-state index contributed by atoms with van der Waals surface area (Å²) in [6.07, 6.45) is 14.4. The molecule has 1 saturated carbocycles. The third-order valence-electron chi connectivity index (χ3n) is 5.98. The van der Waals surface area contributed by atoms with Gasteiger partial charge in [0.05, 0.1) is 0 Å². The molecule has 1 fully saturated rings. The van der Waals surface area contributed by atoms with E-state index in [-0.39, 0.29) is 35.6 Å². The molecule has 0 nitrogen and oxygen atoms in total. The number of allylic oxidation sites excluding steroid dienone is 4. The quantitative estimate of drug-likeness (QED) is 0.372. The molecule has 0 bridgehead atoms. The van der Waals surface area contributed by atoms with E-state index in [2.05, 4.69) is 96.2 Å². The average Bonchev–Trinajstić information content (AvgIpc) is 3.36. The van der Waals surface area contributed by atoms with Crippen LogP contribution in [0.3, 0.4) is 0 Å². The molecule has 0 aromatic heterocycles. The van der Waals surface area contributed by atoms with Gasteiger partial charge in [-0.05, 0) is 10.8 Å². The number of benzene rings is 2. The molecular weight excluding hydrogens is 522 g/mol. The van der Waals surface area contributed by atoms with E-state index in [1.807, 2.05) is 12.2 Å². The van der Waals surface area contributed by atoms with Gasteiger partial charge in [0.2, 0.25) is 0 Å². The summed E-state index contributed by atoms with van der Waals surface area (Å²) in [5.41, 5.74) is 3.20. The standard InChI is InChI=1S/C21H25.C5H5.C4H6.2ClH.Zr/c1-20(2,3)16-9-7-14-11-15-8-10-17(21(4,5)6)13-19(15)18(14)12-16;1-2-4-5-3-1;1-2-4-3-1;;;/h7-13H,1-6H3;1-3H,4H2;1-3H2;2*1H;/q2*-1;;;;+2/p-2. The van der Waals surface area contributed by atoms with Gasteiger partial charge in [-0.3, -0.25) is 6.08 Å². The van der Waals surface area contributed by atoms with Crippen LogP contribution in [0.2, 0.25) is 0 Å². The Labute approximate surface area is 228 Å². The van der Waals surface area contributed by atoms with Crippen molar-refractivity contribution in [1.82, 2.24) is 0 Å². The summed E-state index contributed by atoms with van der Waals surface area (Å²) < 4.78 is 1.78. The first-order valence-corrected chi connectivity index (χ1v) is 12.7. The molecule has 0 spiro atoms. The molecule has 3 aromatic carbocycles. The summed E-state index contributed by atoms with van der Waals surface area (Å²) in [7, 11) is 0. The molecule has 3 aromatic rings.